The molecule has 0 bridgehead atoms. The van der Waals surface area contributed by atoms with E-state index >= 15 is 0 Å². The highest BCUT2D eigenvalue weighted by Crippen LogP contribution is 2.22. The topological polar surface area (TPSA) is 46.3 Å². The van der Waals surface area contributed by atoms with Crippen molar-refractivity contribution in [3.63, 3.8) is 0 Å². The lowest BCUT2D eigenvalue weighted by atomic mass is 9.98. The Morgan fingerprint density at radius 1 is 0.900 bits per heavy atom. The van der Waals surface area contributed by atoms with Crippen molar-refractivity contribution in [1.29, 1.82) is 0 Å². The van der Waals surface area contributed by atoms with Crippen LogP contribution in [0.5, 0.6) is 0 Å². The van der Waals surface area contributed by atoms with Gasteiger partial charge in [-0.15, -0.1) is 0 Å². The largest absolute Gasteiger partial charge is 0.399 e. The van der Waals surface area contributed by atoms with Crippen LogP contribution in [0, 0.1) is 0 Å². The summed E-state index contributed by atoms with van der Waals surface area (Å²) in [5.41, 5.74) is 9.25. The molecule has 2 rings (SSSR count). The number of hydrogen-bond donors (Lipinski definition) is 1. The van der Waals surface area contributed by atoms with Crippen LogP contribution < -0.4 is 5.73 Å². The van der Waals surface area contributed by atoms with Crippen molar-refractivity contribution in [2.75, 3.05) is 12.3 Å². The molecule has 1 heterocycles. The van der Waals surface area contributed by atoms with Crippen LogP contribution in [0.15, 0.2) is 30.4 Å². The highest BCUT2D eigenvalue weighted by Gasteiger charge is 2.20. The molecule has 0 saturated carbocycles. The lowest BCUT2D eigenvalue weighted by Crippen LogP contribution is -2.35. The molecule has 1 aromatic carbocycles. The zero-order valence-electron chi connectivity index (χ0n) is 19.3. The Kier molecular flexibility index (Phi) is 12.3. The maximum Gasteiger partial charge on any atom is 0.222 e. The number of carbonyl (C=O) groups excluding carboxylic acids is 1. The van der Waals surface area contributed by atoms with Gasteiger partial charge in [0, 0.05) is 25.2 Å². The van der Waals surface area contributed by atoms with Crippen molar-refractivity contribution < 1.29 is 4.79 Å². The number of nitrogen functional groups attached to an aromatic ring is 1. The summed E-state index contributed by atoms with van der Waals surface area (Å²) >= 11 is 0. The molecule has 0 saturated heterocycles. The van der Waals surface area contributed by atoms with Crippen molar-refractivity contribution in [1.82, 2.24) is 4.90 Å². The van der Waals surface area contributed by atoms with E-state index in [0.29, 0.717) is 12.3 Å². The van der Waals surface area contributed by atoms with E-state index in [1.807, 2.05) is 11.0 Å². The van der Waals surface area contributed by atoms with Gasteiger partial charge in [0.05, 0.1) is 0 Å². The third kappa shape index (κ3) is 9.82. The highest BCUT2D eigenvalue weighted by molar-refractivity contribution is 5.76. The average Bonchev–Trinajstić information content (AvgIpc) is 2.75. The van der Waals surface area contributed by atoms with Gasteiger partial charge in [0.25, 0.3) is 0 Å². The fourth-order valence-electron chi connectivity index (χ4n) is 4.29. The lowest BCUT2D eigenvalue weighted by molar-refractivity contribution is -0.132. The Morgan fingerprint density at radius 2 is 1.53 bits per heavy atom. The fourth-order valence-corrected chi connectivity index (χ4v) is 4.29. The molecule has 168 valence electrons. The maximum absolute atomic E-state index is 12.5. The first-order valence-corrected chi connectivity index (χ1v) is 12.5. The van der Waals surface area contributed by atoms with E-state index in [-0.39, 0.29) is 0 Å². The van der Waals surface area contributed by atoms with Crippen molar-refractivity contribution in [2.24, 2.45) is 0 Å². The Bertz CT molecular complexity index is 638. The molecule has 0 radical (unpaired) electrons. The van der Waals surface area contributed by atoms with Crippen LogP contribution in [0.3, 0.4) is 0 Å². The van der Waals surface area contributed by atoms with Gasteiger partial charge in [-0.2, -0.15) is 0 Å². The molecule has 3 heteroatoms. The van der Waals surface area contributed by atoms with Gasteiger partial charge in [-0.05, 0) is 61.8 Å². The summed E-state index contributed by atoms with van der Waals surface area (Å²) in [6.45, 7) is 3.85. The minimum Gasteiger partial charge on any atom is -0.399 e. The molecule has 0 atom stereocenters. The Hall–Kier alpha value is -1.77. The number of amides is 1. The number of nitrogens with two attached hydrogens (primary N) is 1. The van der Waals surface area contributed by atoms with Crippen molar-refractivity contribution in [2.45, 2.75) is 110 Å². The second-order valence-corrected chi connectivity index (χ2v) is 8.93. The maximum atomic E-state index is 12.5. The first-order chi connectivity index (χ1) is 14.7. The quantitative estimate of drug-likeness (QED) is 0.188. The summed E-state index contributed by atoms with van der Waals surface area (Å²) in [5, 5.41) is 0. The standard InChI is InChI=1S/C27H44N2O/c1-2-3-4-5-6-7-8-9-10-11-12-13-14-15-16-17-27(30)29-21-20-24-22-26(28)19-18-25(24)23-29/h7-8,18-19,22H,2-6,9-17,20-21,23,28H2,1H3. The molecule has 1 amide bonds. The molecule has 1 aliphatic rings. The summed E-state index contributed by atoms with van der Waals surface area (Å²) in [4.78, 5) is 14.5. The number of carbonyl (C=O) groups is 1. The van der Waals surface area contributed by atoms with Crippen molar-refractivity contribution >= 4 is 11.6 Å². The number of hydrogen-bond acceptors (Lipinski definition) is 2. The number of anilines is 1. The van der Waals surface area contributed by atoms with Gasteiger partial charge in [0.2, 0.25) is 5.91 Å². The van der Waals surface area contributed by atoms with Crippen LogP contribution in [-0.4, -0.2) is 17.4 Å². The van der Waals surface area contributed by atoms with Gasteiger partial charge in [-0.25, -0.2) is 0 Å². The zero-order valence-corrected chi connectivity index (χ0v) is 19.3. The van der Waals surface area contributed by atoms with Gasteiger partial charge in [0.1, 0.15) is 0 Å². The van der Waals surface area contributed by atoms with Gasteiger partial charge < -0.3 is 10.6 Å². The van der Waals surface area contributed by atoms with Crippen LogP contribution in [0.2, 0.25) is 0 Å². The van der Waals surface area contributed by atoms with E-state index in [1.54, 1.807) is 0 Å². The molecule has 0 spiro atoms. The van der Waals surface area contributed by atoms with E-state index in [2.05, 4.69) is 31.2 Å². The molecular formula is C27H44N2O. The first-order valence-electron chi connectivity index (χ1n) is 12.5. The molecule has 0 fully saturated rings. The van der Waals surface area contributed by atoms with E-state index < -0.39 is 0 Å². The summed E-state index contributed by atoms with van der Waals surface area (Å²) in [6, 6.07) is 6.08. The van der Waals surface area contributed by atoms with E-state index in [4.69, 9.17) is 5.73 Å². The predicted molar refractivity (Wildman–Crippen MR) is 129 cm³/mol. The normalized spacial score (nSPS) is 13.7. The molecule has 1 aromatic rings. The lowest BCUT2D eigenvalue weighted by Gasteiger charge is -2.29. The summed E-state index contributed by atoms with van der Waals surface area (Å²) in [5.74, 6) is 0.318. The third-order valence-corrected chi connectivity index (χ3v) is 6.25. The predicted octanol–water partition coefficient (Wildman–Crippen LogP) is 7.19. The molecule has 1 aliphatic heterocycles. The molecule has 0 aromatic heterocycles. The number of rotatable bonds is 15. The zero-order chi connectivity index (χ0) is 21.4. The number of fused-ring (bicyclic) bond motifs is 1. The number of benzene rings is 1. The van der Waals surface area contributed by atoms with E-state index in [9.17, 15) is 4.79 Å². The van der Waals surface area contributed by atoms with Crippen molar-refractivity contribution in [3.05, 3.63) is 41.5 Å². The SMILES string of the molecule is CCCCCCC=CCCCCCCCCCC(=O)N1CCc2cc(N)ccc2C1. The summed E-state index contributed by atoms with van der Waals surface area (Å²) in [6.07, 6.45) is 23.1. The van der Waals surface area contributed by atoms with Gasteiger partial charge in [0.15, 0.2) is 0 Å². The monoisotopic (exact) mass is 412 g/mol. The molecule has 0 unspecified atom stereocenters. The molecular weight excluding hydrogens is 368 g/mol. The van der Waals surface area contributed by atoms with Crippen LogP contribution in [0.25, 0.3) is 0 Å². The first kappa shape index (κ1) is 24.5. The Labute approximate surface area is 185 Å². The number of allylic oxidation sites excluding steroid dienone is 2. The smallest absolute Gasteiger partial charge is 0.222 e. The van der Waals surface area contributed by atoms with Crippen LogP contribution >= 0.6 is 0 Å². The number of unbranched alkanes of at least 4 members (excludes halogenated alkanes) is 11. The summed E-state index contributed by atoms with van der Waals surface area (Å²) < 4.78 is 0. The molecule has 3 nitrogen and oxygen atoms in total. The minimum atomic E-state index is 0.318. The van der Waals surface area contributed by atoms with Gasteiger partial charge in [-0.3, -0.25) is 4.79 Å². The van der Waals surface area contributed by atoms with E-state index in [1.165, 1.54) is 88.2 Å². The molecule has 0 aliphatic carbocycles. The average molecular weight is 413 g/mol. The Morgan fingerprint density at radius 3 is 2.23 bits per heavy atom. The van der Waals surface area contributed by atoms with Gasteiger partial charge >= 0.3 is 0 Å². The van der Waals surface area contributed by atoms with Crippen LogP contribution in [0.4, 0.5) is 5.69 Å². The second-order valence-electron chi connectivity index (χ2n) is 8.93. The minimum absolute atomic E-state index is 0.318. The third-order valence-electron chi connectivity index (χ3n) is 6.25. The van der Waals surface area contributed by atoms with Crippen LogP contribution in [-0.2, 0) is 17.8 Å². The highest BCUT2D eigenvalue weighted by atomic mass is 16.2. The molecule has 30 heavy (non-hydrogen) atoms. The second kappa shape index (κ2) is 15.1. The summed E-state index contributed by atoms with van der Waals surface area (Å²) in [7, 11) is 0. The Balaban J connectivity index is 1.42. The van der Waals surface area contributed by atoms with Crippen molar-refractivity contribution in [3.8, 4) is 0 Å². The van der Waals surface area contributed by atoms with Crippen LogP contribution in [0.1, 0.15) is 108 Å². The fraction of sp³-hybridized carbons (Fsp3) is 0.667. The van der Waals surface area contributed by atoms with Gasteiger partial charge in [-0.1, -0.05) is 76.5 Å². The molecule has 2 N–H and O–H groups in total. The number of nitrogens with zero attached hydrogens (tertiary/aromatic N) is 1. The van der Waals surface area contributed by atoms with E-state index in [0.717, 1.165) is 31.6 Å².